The van der Waals surface area contributed by atoms with Gasteiger partial charge in [-0.1, -0.05) is 23.2 Å². The van der Waals surface area contributed by atoms with E-state index in [1.165, 1.54) is 0 Å². The molecule has 2 heterocycles. The minimum Gasteiger partial charge on any atom is -0.384 e. The maximum absolute atomic E-state index is 6.01. The molecule has 0 aliphatic carbocycles. The highest BCUT2D eigenvalue weighted by molar-refractivity contribution is 6.31. The van der Waals surface area contributed by atoms with Gasteiger partial charge in [-0.25, -0.2) is 9.97 Å². The van der Waals surface area contributed by atoms with Crippen LogP contribution in [0.4, 0.5) is 11.6 Å². The molecule has 2 N–H and O–H groups in total. The third-order valence-electron chi connectivity index (χ3n) is 3.53. The van der Waals surface area contributed by atoms with Crippen molar-refractivity contribution >= 4 is 45.7 Å². The highest BCUT2D eigenvalue weighted by atomic mass is 35.5. The summed E-state index contributed by atoms with van der Waals surface area (Å²) >= 11 is 11.8. The Bertz CT molecular complexity index is 825. The second kappa shape index (κ2) is 8.13. The largest absolute Gasteiger partial charge is 0.384 e. The number of hydrogen-bond acceptors (Lipinski definition) is 5. The molecule has 0 unspecified atom stereocenters. The number of pyridine rings is 1. The molecule has 1 aromatic carbocycles. The zero-order valence-electron chi connectivity index (χ0n) is 13.0. The summed E-state index contributed by atoms with van der Waals surface area (Å²) in [6.07, 6.45) is 5.45. The maximum Gasteiger partial charge on any atom is 0.224 e. The summed E-state index contributed by atoms with van der Waals surface area (Å²) in [5.41, 5.74) is 1.97. The predicted molar refractivity (Wildman–Crippen MR) is 100 cm³/mol. The van der Waals surface area contributed by atoms with Gasteiger partial charge in [-0.3, -0.25) is 4.98 Å². The van der Waals surface area contributed by atoms with Crippen molar-refractivity contribution in [3.63, 3.8) is 0 Å². The number of hydrogen-bond donors (Lipinski definition) is 2. The molecule has 0 fully saturated rings. The normalized spacial score (nSPS) is 10.8. The van der Waals surface area contributed by atoms with Crippen molar-refractivity contribution in [3.8, 4) is 0 Å². The van der Waals surface area contributed by atoms with Crippen LogP contribution in [0.3, 0.4) is 0 Å². The number of rotatable bonds is 7. The van der Waals surface area contributed by atoms with E-state index in [4.69, 9.17) is 23.2 Å². The Labute approximate surface area is 150 Å². The van der Waals surface area contributed by atoms with Crippen LogP contribution in [0.2, 0.25) is 10.2 Å². The smallest absolute Gasteiger partial charge is 0.224 e. The third kappa shape index (κ3) is 4.46. The second-order valence-electron chi connectivity index (χ2n) is 5.28. The number of benzene rings is 1. The fourth-order valence-corrected chi connectivity index (χ4v) is 2.67. The van der Waals surface area contributed by atoms with Gasteiger partial charge in [-0.2, -0.15) is 0 Å². The average Bonchev–Trinajstić information content (AvgIpc) is 2.58. The average molecular weight is 362 g/mol. The van der Waals surface area contributed by atoms with Crippen LogP contribution in [0.25, 0.3) is 10.9 Å². The molecule has 2 aromatic heterocycles. The summed E-state index contributed by atoms with van der Waals surface area (Å²) in [6.45, 7) is 1.68. The van der Waals surface area contributed by atoms with Gasteiger partial charge in [-0.05, 0) is 43.2 Å². The Morgan fingerprint density at radius 3 is 2.50 bits per heavy atom. The Kier molecular flexibility index (Phi) is 5.67. The van der Waals surface area contributed by atoms with Crippen LogP contribution in [-0.2, 0) is 0 Å². The number of halogens is 2. The first-order chi connectivity index (χ1) is 11.7. The summed E-state index contributed by atoms with van der Waals surface area (Å²) in [5, 5.41) is 8.83. The van der Waals surface area contributed by atoms with E-state index >= 15 is 0 Å². The summed E-state index contributed by atoms with van der Waals surface area (Å²) in [5.74, 6) is 0.562. The van der Waals surface area contributed by atoms with Gasteiger partial charge in [0, 0.05) is 41.6 Å². The van der Waals surface area contributed by atoms with Gasteiger partial charge in [0.05, 0.1) is 5.52 Å². The van der Waals surface area contributed by atoms with Crippen LogP contribution in [-0.4, -0.2) is 28.0 Å². The molecule has 0 amide bonds. The molecule has 0 aliphatic rings. The molecule has 0 atom stereocenters. The number of aromatic nitrogens is 3. The zero-order valence-corrected chi connectivity index (χ0v) is 14.5. The highest BCUT2D eigenvalue weighted by Crippen LogP contribution is 2.24. The van der Waals surface area contributed by atoms with E-state index in [1.54, 1.807) is 18.5 Å². The SMILES string of the molecule is Clc1ccc2c(NCCCCNc3nccc(Cl)n3)ccnc2c1. The molecule has 5 nitrogen and oxygen atoms in total. The minimum absolute atomic E-state index is 0.443. The van der Waals surface area contributed by atoms with Crippen molar-refractivity contribution < 1.29 is 0 Å². The number of unbranched alkanes of at least 4 members (excludes halogenated alkanes) is 1. The lowest BCUT2D eigenvalue weighted by Crippen LogP contribution is -2.08. The van der Waals surface area contributed by atoms with E-state index in [0.717, 1.165) is 42.5 Å². The van der Waals surface area contributed by atoms with Crippen molar-refractivity contribution in [3.05, 3.63) is 52.9 Å². The monoisotopic (exact) mass is 361 g/mol. The number of nitrogens with zero attached hydrogens (tertiary/aromatic N) is 3. The predicted octanol–water partition coefficient (Wildman–Crippen LogP) is 4.64. The van der Waals surface area contributed by atoms with Gasteiger partial charge < -0.3 is 10.6 Å². The molecule has 7 heteroatoms. The van der Waals surface area contributed by atoms with Crippen LogP contribution in [0.15, 0.2) is 42.7 Å². The summed E-state index contributed by atoms with van der Waals surface area (Å²) in [7, 11) is 0. The molecule has 0 spiro atoms. The third-order valence-corrected chi connectivity index (χ3v) is 3.97. The Balaban J connectivity index is 1.45. The van der Waals surface area contributed by atoms with Crippen LogP contribution in [0.5, 0.6) is 0 Å². The van der Waals surface area contributed by atoms with Crippen LogP contribution >= 0.6 is 23.2 Å². The van der Waals surface area contributed by atoms with E-state index in [1.807, 2.05) is 24.3 Å². The van der Waals surface area contributed by atoms with E-state index in [0.29, 0.717) is 16.1 Å². The van der Waals surface area contributed by atoms with Crippen LogP contribution < -0.4 is 10.6 Å². The molecule has 124 valence electrons. The van der Waals surface area contributed by atoms with E-state index in [9.17, 15) is 0 Å². The fourth-order valence-electron chi connectivity index (χ4n) is 2.37. The van der Waals surface area contributed by atoms with Crippen molar-refractivity contribution in [1.82, 2.24) is 15.0 Å². The van der Waals surface area contributed by atoms with Gasteiger partial charge in [0.15, 0.2) is 0 Å². The maximum atomic E-state index is 6.01. The molecule has 0 saturated heterocycles. The first-order valence-electron chi connectivity index (χ1n) is 7.73. The van der Waals surface area contributed by atoms with E-state index in [2.05, 4.69) is 25.6 Å². The van der Waals surface area contributed by atoms with Crippen LogP contribution in [0.1, 0.15) is 12.8 Å². The lowest BCUT2D eigenvalue weighted by atomic mass is 10.2. The van der Waals surface area contributed by atoms with Crippen LogP contribution in [0, 0.1) is 0 Å². The van der Waals surface area contributed by atoms with E-state index < -0.39 is 0 Å². The minimum atomic E-state index is 0.443. The molecule has 24 heavy (non-hydrogen) atoms. The first kappa shape index (κ1) is 16.7. The molecular formula is C17H17Cl2N5. The lowest BCUT2D eigenvalue weighted by molar-refractivity contribution is 0.791. The summed E-state index contributed by atoms with van der Waals surface area (Å²) in [4.78, 5) is 12.5. The molecule has 0 bridgehead atoms. The summed E-state index contributed by atoms with van der Waals surface area (Å²) < 4.78 is 0. The molecule has 3 aromatic rings. The van der Waals surface area contributed by atoms with Crippen molar-refractivity contribution in [1.29, 1.82) is 0 Å². The lowest BCUT2D eigenvalue weighted by Gasteiger charge is -2.10. The number of anilines is 2. The van der Waals surface area contributed by atoms with Crippen molar-refractivity contribution in [2.45, 2.75) is 12.8 Å². The van der Waals surface area contributed by atoms with Crippen molar-refractivity contribution in [2.75, 3.05) is 23.7 Å². The zero-order chi connectivity index (χ0) is 16.8. The second-order valence-corrected chi connectivity index (χ2v) is 6.11. The van der Waals surface area contributed by atoms with Gasteiger partial charge in [0.25, 0.3) is 0 Å². The van der Waals surface area contributed by atoms with E-state index in [-0.39, 0.29) is 0 Å². The molecule has 0 saturated carbocycles. The standard InChI is InChI=1S/C17H17Cl2N5/c18-12-3-4-13-14(5-9-21-15(13)11-12)20-7-1-2-8-22-17-23-10-6-16(19)24-17/h3-6,9-11H,1-2,7-8H2,(H,20,21)(H,22,23,24). The number of fused-ring (bicyclic) bond motifs is 1. The van der Waals surface area contributed by atoms with Gasteiger partial charge in [0.1, 0.15) is 5.15 Å². The highest BCUT2D eigenvalue weighted by Gasteiger charge is 2.02. The Morgan fingerprint density at radius 1 is 0.875 bits per heavy atom. The molecule has 0 aliphatic heterocycles. The van der Waals surface area contributed by atoms with Gasteiger partial charge in [0.2, 0.25) is 5.95 Å². The first-order valence-corrected chi connectivity index (χ1v) is 8.48. The number of nitrogens with one attached hydrogen (secondary N) is 2. The fraction of sp³-hybridized carbons (Fsp3) is 0.235. The molecule has 0 radical (unpaired) electrons. The van der Waals surface area contributed by atoms with Gasteiger partial charge in [-0.15, -0.1) is 0 Å². The van der Waals surface area contributed by atoms with Crippen molar-refractivity contribution in [2.24, 2.45) is 0 Å². The van der Waals surface area contributed by atoms with Gasteiger partial charge >= 0.3 is 0 Å². The molecule has 3 rings (SSSR count). The Hall–Kier alpha value is -2.11. The molecular weight excluding hydrogens is 345 g/mol. The summed E-state index contributed by atoms with van der Waals surface area (Å²) in [6, 6.07) is 9.38. The Morgan fingerprint density at radius 2 is 1.67 bits per heavy atom. The topological polar surface area (TPSA) is 62.7 Å². The quantitative estimate of drug-likeness (QED) is 0.474.